The minimum atomic E-state index is -0.109. The summed E-state index contributed by atoms with van der Waals surface area (Å²) in [5, 5.41) is 8.96. The molecule has 0 spiro atoms. The molecular formula is C11H11N3. The number of fused-ring (bicyclic) bond motifs is 1. The number of hydrogen-bond acceptors (Lipinski definition) is 2. The zero-order valence-electron chi connectivity index (χ0n) is 8.01. The lowest BCUT2D eigenvalue weighted by Crippen LogP contribution is -2.03. The minimum absolute atomic E-state index is 0.109. The first-order valence-electron chi connectivity index (χ1n) is 4.68. The standard InChI is InChI=1S/C11H11N3/c1-2-9(7-12)14-8-13-10-5-3-4-6-11(10)14/h3-6,8-9H,2H2,1H3. The van der Waals surface area contributed by atoms with E-state index in [2.05, 4.69) is 11.1 Å². The molecule has 0 amide bonds. The Labute approximate surface area is 82.6 Å². The molecule has 0 N–H and O–H groups in total. The molecule has 14 heavy (non-hydrogen) atoms. The van der Waals surface area contributed by atoms with E-state index in [-0.39, 0.29) is 6.04 Å². The van der Waals surface area contributed by atoms with Crippen LogP contribution in [0.1, 0.15) is 19.4 Å². The molecule has 2 aromatic rings. The van der Waals surface area contributed by atoms with E-state index in [0.29, 0.717) is 0 Å². The maximum atomic E-state index is 8.96. The predicted molar refractivity (Wildman–Crippen MR) is 54.7 cm³/mol. The molecule has 0 fully saturated rings. The molecule has 0 aliphatic rings. The Morgan fingerprint density at radius 2 is 2.29 bits per heavy atom. The number of imidazole rings is 1. The first kappa shape index (κ1) is 8.76. The Morgan fingerprint density at radius 1 is 1.50 bits per heavy atom. The number of rotatable bonds is 2. The van der Waals surface area contributed by atoms with E-state index >= 15 is 0 Å². The van der Waals surface area contributed by atoms with Crippen molar-refractivity contribution in [3.8, 4) is 6.07 Å². The lowest BCUT2D eigenvalue weighted by atomic mass is 10.2. The molecule has 0 aliphatic carbocycles. The van der Waals surface area contributed by atoms with Crippen LogP contribution in [0.25, 0.3) is 11.0 Å². The molecule has 1 aromatic heterocycles. The largest absolute Gasteiger partial charge is 0.314 e. The second-order valence-electron chi connectivity index (χ2n) is 3.19. The van der Waals surface area contributed by atoms with Crippen molar-refractivity contribution in [1.82, 2.24) is 9.55 Å². The molecule has 0 saturated heterocycles. The van der Waals surface area contributed by atoms with Crippen molar-refractivity contribution >= 4 is 11.0 Å². The highest BCUT2D eigenvalue weighted by Gasteiger charge is 2.09. The predicted octanol–water partition coefficient (Wildman–Crippen LogP) is 2.51. The van der Waals surface area contributed by atoms with Crippen LogP contribution in [0, 0.1) is 11.3 Å². The van der Waals surface area contributed by atoms with Crippen LogP contribution in [0.4, 0.5) is 0 Å². The third-order valence-electron chi connectivity index (χ3n) is 2.35. The quantitative estimate of drug-likeness (QED) is 0.721. The second-order valence-corrected chi connectivity index (χ2v) is 3.19. The van der Waals surface area contributed by atoms with Gasteiger partial charge in [0.25, 0.3) is 0 Å². The molecule has 0 bridgehead atoms. The Kier molecular flexibility index (Phi) is 2.19. The van der Waals surface area contributed by atoms with Crippen molar-refractivity contribution in [2.45, 2.75) is 19.4 Å². The monoisotopic (exact) mass is 185 g/mol. The molecule has 0 saturated carbocycles. The summed E-state index contributed by atoms with van der Waals surface area (Å²) < 4.78 is 1.93. The highest BCUT2D eigenvalue weighted by Crippen LogP contribution is 2.18. The molecule has 1 atom stereocenters. The maximum absolute atomic E-state index is 8.96. The summed E-state index contributed by atoms with van der Waals surface area (Å²) in [6.07, 6.45) is 2.54. The van der Waals surface area contributed by atoms with E-state index in [1.165, 1.54) is 0 Å². The third kappa shape index (κ3) is 1.25. The SMILES string of the molecule is CCC(C#N)n1cnc2ccccc21. The molecular weight excluding hydrogens is 174 g/mol. The summed E-state index contributed by atoms with van der Waals surface area (Å²) in [5.41, 5.74) is 1.97. The number of nitrogens with zero attached hydrogens (tertiary/aromatic N) is 3. The van der Waals surface area contributed by atoms with Crippen LogP contribution in [-0.2, 0) is 0 Å². The molecule has 1 heterocycles. The van der Waals surface area contributed by atoms with E-state index in [4.69, 9.17) is 5.26 Å². The lowest BCUT2D eigenvalue weighted by molar-refractivity contribution is 0.612. The molecule has 3 heteroatoms. The van der Waals surface area contributed by atoms with E-state index in [1.54, 1.807) is 6.33 Å². The Hall–Kier alpha value is -1.82. The molecule has 1 unspecified atom stereocenters. The van der Waals surface area contributed by atoms with Crippen molar-refractivity contribution in [1.29, 1.82) is 5.26 Å². The van der Waals surface area contributed by atoms with Crippen LogP contribution in [0.2, 0.25) is 0 Å². The Bertz CT molecular complexity index is 478. The molecule has 0 aliphatic heterocycles. The van der Waals surface area contributed by atoms with Crippen molar-refractivity contribution < 1.29 is 0 Å². The van der Waals surface area contributed by atoms with E-state index < -0.39 is 0 Å². The van der Waals surface area contributed by atoms with Gasteiger partial charge in [-0.15, -0.1) is 0 Å². The highest BCUT2D eigenvalue weighted by molar-refractivity contribution is 5.75. The average Bonchev–Trinajstić information content (AvgIpc) is 2.65. The van der Waals surface area contributed by atoms with Crippen molar-refractivity contribution in [2.24, 2.45) is 0 Å². The second kappa shape index (κ2) is 3.51. The smallest absolute Gasteiger partial charge is 0.122 e. The first-order chi connectivity index (χ1) is 6.86. The van der Waals surface area contributed by atoms with E-state index in [9.17, 15) is 0 Å². The number of nitriles is 1. The van der Waals surface area contributed by atoms with Crippen molar-refractivity contribution in [3.63, 3.8) is 0 Å². The summed E-state index contributed by atoms with van der Waals surface area (Å²) >= 11 is 0. The van der Waals surface area contributed by atoms with Gasteiger partial charge in [-0.1, -0.05) is 19.1 Å². The zero-order chi connectivity index (χ0) is 9.97. The molecule has 1 aromatic carbocycles. The summed E-state index contributed by atoms with van der Waals surface area (Å²) in [4.78, 5) is 4.25. The average molecular weight is 185 g/mol. The topological polar surface area (TPSA) is 41.6 Å². The van der Waals surface area contributed by atoms with Gasteiger partial charge >= 0.3 is 0 Å². The van der Waals surface area contributed by atoms with Gasteiger partial charge in [-0.05, 0) is 18.6 Å². The fraction of sp³-hybridized carbons (Fsp3) is 0.273. The Morgan fingerprint density at radius 3 is 3.00 bits per heavy atom. The fourth-order valence-corrected chi connectivity index (χ4v) is 1.58. The summed E-state index contributed by atoms with van der Waals surface area (Å²) in [6, 6.07) is 10.0. The molecule has 70 valence electrons. The highest BCUT2D eigenvalue weighted by atomic mass is 15.1. The normalized spacial score (nSPS) is 12.6. The summed E-state index contributed by atoms with van der Waals surface area (Å²) in [7, 11) is 0. The van der Waals surface area contributed by atoms with Gasteiger partial charge in [0, 0.05) is 0 Å². The lowest BCUT2D eigenvalue weighted by Gasteiger charge is -2.08. The van der Waals surface area contributed by atoms with Crippen LogP contribution in [0.15, 0.2) is 30.6 Å². The van der Waals surface area contributed by atoms with Crippen LogP contribution in [0.5, 0.6) is 0 Å². The van der Waals surface area contributed by atoms with Gasteiger partial charge in [0.15, 0.2) is 0 Å². The third-order valence-corrected chi connectivity index (χ3v) is 2.35. The van der Waals surface area contributed by atoms with Gasteiger partial charge in [-0.2, -0.15) is 5.26 Å². The van der Waals surface area contributed by atoms with Gasteiger partial charge in [0.1, 0.15) is 6.04 Å². The van der Waals surface area contributed by atoms with Gasteiger partial charge in [0.05, 0.1) is 23.4 Å². The van der Waals surface area contributed by atoms with Gasteiger partial charge in [-0.25, -0.2) is 4.98 Å². The number of benzene rings is 1. The van der Waals surface area contributed by atoms with Crippen molar-refractivity contribution in [2.75, 3.05) is 0 Å². The molecule has 0 radical (unpaired) electrons. The van der Waals surface area contributed by atoms with E-state index in [1.807, 2.05) is 35.8 Å². The van der Waals surface area contributed by atoms with Crippen LogP contribution in [0.3, 0.4) is 0 Å². The summed E-state index contributed by atoms with van der Waals surface area (Å²) in [5.74, 6) is 0. The molecule has 2 rings (SSSR count). The Balaban J connectivity index is 2.59. The first-order valence-corrected chi connectivity index (χ1v) is 4.68. The zero-order valence-corrected chi connectivity index (χ0v) is 8.01. The van der Waals surface area contributed by atoms with Gasteiger partial charge in [0.2, 0.25) is 0 Å². The number of para-hydroxylation sites is 2. The minimum Gasteiger partial charge on any atom is -0.314 e. The van der Waals surface area contributed by atoms with Gasteiger partial charge < -0.3 is 4.57 Å². The maximum Gasteiger partial charge on any atom is 0.122 e. The fourth-order valence-electron chi connectivity index (χ4n) is 1.58. The number of aromatic nitrogens is 2. The van der Waals surface area contributed by atoms with E-state index in [0.717, 1.165) is 17.5 Å². The molecule has 3 nitrogen and oxygen atoms in total. The van der Waals surface area contributed by atoms with Crippen LogP contribution >= 0.6 is 0 Å². The van der Waals surface area contributed by atoms with Crippen molar-refractivity contribution in [3.05, 3.63) is 30.6 Å². The number of hydrogen-bond donors (Lipinski definition) is 0. The van der Waals surface area contributed by atoms with Gasteiger partial charge in [-0.3, -0.25) is 0 Å². The summed E-state index contributed by atoms with van der Waals surface area (Å²) in [6.45, 7) is 2.00. The van der Waals surface area contributed by atoms with Crippen LogP contribution in [-0.4, -0.2) is 9.55 Å². The van der Waals surface area contributed by atoms with Crippen LogP contribution < -0.4 is 0 Å².